The van der Waals surface area contributed by atoms with Gasteiger partial charge in [-0.05, 0) is 12.8 Å². The number of rotatable bonds is 39. The van der Waals surface area contributed by atoms with E-state index in [1.807, 2.05) is 21.1 Å². The van der Waals surface area contributed by atoms with Crippen LogP contribution in [0.1, 0.15) is 200 Å². The van der Waals surface area contributed by atoms with Crippen molar-refractivity contribution in [1.29, 1.82) is 0 Å². The number of esters is 4. The first-order valence-electron chi connectivity index (χ1n) is 22.1. The number of hydrogen-bond acceptors (Lipinski definition) is 9. The van der Waals surface area contributed by atoms with Crippen molar-refractivity contribution in [3.63, 3.8) is 0 Å². The van der Waals surface area contributed by atoms with Gasteiger partial charge in [0.05, 0.1) is 27.6 Å². The van der Waals surface area contributed by atoms with Crippen LogP contribution in [0.5, 0.6) is 0 Å². The van der Waals surface area contributed by atoms with E-state index in [4.69, 9.17) is 18.9 Å². The molecule has 10 heteroatoms. The maximum absolute atomic E-state index is 12.5. The molecule has 0 aromatic heterocycles. The number of hydrogen-bond donors (Lipinski definition) is 1. The molecule has 0 aromatic carbocycles. The maximum atomic E-state index is 12.5. The van der Waals surface area contributed by atoms with Crippen LogP contribution >= 0.6 is 0 Å². The predicted molar refractivity (Wildman–Crippen MR) is 217 cm³/mol. The normalized spacial score (nSPS) is 12.1. The Kier molecular flexibility index (Phi) is 35.0. The maximum Gasteiger partial charge on any atom is 0.344 e. The van der Waals surface area contributed by atoms with E-state index in [9.17, 15) is 24.3 Å². The first-order chi connectivity index (χ1) is 26.0. The van der Waals surface area contributed by atoms with E-state index in [2.05, 4.69) is 13.8 Å². The molecule has 0 aliphatic heterocycles. The summed E-state index contributed by atoms with van der Waals surface area (Å²) in [5.41, 5.74) is 0. The summed E-state index contributed by atoms with van der Waals surface area (Å²) in [6.07, 6.45) is 29.9. The number of nitrogens with zero attached hydrogens (tertiary/aromatic N) is 1. The molecule has 0 aromatic rings. The van der Waals surface area contributed by atoms with Crippen molar-refractivity contribution in [2.75, 3.05) is 47.5 Å². The largest absolute Gasteiger partial charge is 0.462 e. The topological polar surface area (TPSA) is 125 Å². The molecule has 54 heavy (non-hydrogen) atoms. The Morgan fingerprint density at radius 2 is 0.796 bits per heavy atom. The number of ether oxygens (including phenoxy) is 4. The van der Waals surface area contributed by atoms with Crippen LogP contribution in [0.3, 0.4) is 0 Å². The molecule has 0 heterocycles. The van der Waals surface area contributed by atoms with Gasteiger partial charge in [0, 0.05) is 12.8 Å². The second kappa shape index (κ2) is 36.4. The Labute approximate surface area is 330 Å². The summed E-state index contributed by atoms with van der Waals surface area (Å²) in [5.74, 6) is -2.36. The molecular weight excluding hydrogens is 686 g/mol. The number of carbonyl (C=O) groups is 4. The van der Waals surface area contributed by atoms with Crippen LogP contribution in [0.2, 0.25) is 0 Å². The zero-order valence-corrected chi connectivity index (χ0v) is 35.6. The van der Waals surface area contributed by atoms with Crippen molar-refractivity contribution in [3.8, 4) is 0 Å². The molecule has 0 rings (SSSR count). The van der Waals surface area contributed by atoms with Crippen molar-refractivity contribution >= 4 is 23.9 Å². The lowest BCUT2D eigenvalue weighted by atomic mass is 10.0. The van der Waals surface area contributed by atoms with Gasteiger partial charge in [0.2, 0.25) is 0 Å². The standard InChI is InChI=1S/C44H84NO9/c1-6-8-10-12-14-16-18-20-22-24-26-28-30-32-41(47)51-36-40(54-44(50)38-53-43(49)34-39(46)35-45(3,4)5)37-52-42(48)33-31-29-27-25-23-21-19-17-15-13-11-9-7-2/h39-40,46H,6-38H2,1-5H3/q+1/t39-/m0/s1. The Morgan fingerprint density at radius 1 is 0.463 bits per heavy atom. The van der Waals surface area contributed by atoms with Gasteiger partial charge in [-0.1, -0.05) is 168 Å². The smallest absolute Gasteiger partial charge is 0.344 e. The summed E-state index contributed by atoms with van der Waals surface area (Å²) in [6.45, 7) is 3.66. The SMILES string of the molecule is CCCCCCCCCCCCCCCC(=O)OCC(COC(=O)CCCCCCCCCCCCCCC)OC(=O)COC(=O)C[C@H](O)C[N+](C)(C)C. The molecule has 318 valence electrons. The number of likely N-dealkylation sites (N-methyl/N-ethyl adjacent to an activating group) is 1. The van der Waals surface area contributed by atoms with Gasteiger partial charge in [-0.3, -0.25) is 14.4 Å². The molecule has 0 aliphatic rings. The van der Waals surface area contributed by atoms with Crippen LogP contribution in [-0.4, -0.2) is 93.2 Å². The number of unbranched alkanes of at least 4 members (excludes halogenated alkanes) is 24. The number of quaternary nitrogens is 1. The average Bonchev–Trinajstić information content (AvgIpc) is 3.11. The fraction of sp³-hybridized carbons (Fsp3) is 0.909. The molecule has 0 saturated heterocycles. The van der Waals surface area contributed by atoms with Gasteiger partial charge in [-0.15, -0.1) is 0 Å². The van der Waals surface area contributed by atoms with Gasteiger partial charge in [0.15, 0.2) is 12.7 Å². The molecule has 0 saturated carbocycles. The minimum atomic E-state index is -1.02. The van der Waals surface area contributed by atoms with E-state index in [1.54, 1.807) is 0 Å². The molecule has 0 fully saturated rings. The molecule has 1 atom stereocenters. The highest BCUT2D eigenvalue weighted by atomic mass is 16.6. The molecule has 0 aliphatic carbocycles. The van der Waals surface area contributed by atoms with Gasteiger partial charge >= 0.3 is 23.9 Å². The lowest BCUT2D eigenvalue weighted by molar-refractivity contribution is -0.873. The summed E-state index contributed by atoms with van der Waals surface area (Å²) in [7, 11) is 5.68. The summed E-state index contributed by atoms with van der Waals surface area (Å²) in [6, 6.07) is 0. The number of carbonyl (C=O) groups excluding carboxylic acids is 4. The van der Waals surface area contributed by atoms with Gasteiger partial charge in [0.1, 0.15) is 25.9 Å². The third-order valence-electron chi connectivity index (χ3n) is 9.64. The third kappa shape index (κ3) is 38.1. The van der Waals surface area contributed by atoms with Crippen molar-refractivity contribution in [1.82, 2.24) is 0 Å². The zero-order valence-electron chi connectivity index (χ0n) is 35.6. The second-order valence-corrected chi connectivity index (χ2v) is 16.5. The Balaban J connectivity index is 4.47. The summed E-state index contributed by atoms with van der Waals surface area (Å²) >= 11 is 0. The van der Waals surface area contributed by atoms with Crippen molar-refractivity contribution in [2.24, 2.45) is 0 Å². The van der Waals surface area contributed by atoms with Crippen LogP contribution in [0.15, 0.2) is 0 Å². The van der Waals surface area contributed by atoms with Crippen molar-refractivity contribution < 1.29 is 47.7 Å². The van der Waals surface area contributed by atoms with Crippen LogP contribution in [0, 0.1) is 0 Å². The minimum Gasteiger partial charge on any atom is -0.462 e. The van der Waals surface area contributed by atoms with E-state index in [0.29, 0.717) is 11.0 Å². The molecule has 0 spiro atoms. The van der Waals surface area contributed by atoms with E-state index in [0.717, 1.165) is 38.5 Å². The van der Waals surface area contributed by atoms with E-state index in [-0.39, 0.29) is 32.5 Å². The number of aliphatic hydroxyl groups excluding tert-OH is 1. The number of aliphatic hydroxyl groups is 1. The van der Waals surface area contributed by atoms with E-state index >= 15 is 0 Å². The second-order valence-electron chi connectivity index (χ2n) is 16.5. The first kappa shape index (κ1) is 51.8. The molecular formula is C44H84NO9+. The van der Waals surface area contributed by atoms with E-state index < -0.39 is 42.7 Å². The molecule has 0 unspecified atom stereocenters. The van der Waals surface area contributed by atoms with Crippen LogP contribution in [0.25, 0.3) is 0 Å². The van der Waals surface area contributed by atoms with Crippen LogP contribution < -0.4 is 0 Å². The summed E-state index contributed by atoms with van der Waals surface area (Å²) in [5, 5.41) is 10.1. The minimum absolute atomic E-state index is 0.250. The highest BCUT2D eigenvalue weighted by Gasteiger charge is 2.23. The van der Waals surface area contributed by atoms with Crippen LogP contribution in [-0.2, 0) is 38.1 Å². The first-order valence-corrected chi connectivity index (χ1v) is 22.1. The highest BCUT2D eigenvalue weighted by molar-refractivity contribution is 5.76. The summed E-state index contributed by atoms with van der Waals surface area (Å²) in [4.78, 5) is 49.6. The van der Waals surface area contributed by atoms with Gasteiger partial charge in [-0.2, -0.15) is 0 Å². The van der Waals surface area contributed by atoms with Crippen LogP contribution in [0.4, 0.5) is 0 Å². The lowest BCUT2D eigenvalue weighted by Crippen LogP contribution is -2.42. The molecule has 1 N–H and O–H groups in total. The Morgan fingerprint density at radius 3 is 1.13 bits per heavy atom. The molecule has 0 amide bonds. The predicted octanol–water partition coefficient (Wildman–Crippen LogP) is 9.95. The monoisotopic (exact) mass is 771 g/mol. The van der Waals surface area contributed by atoms with Crippen molar-refractivity contribution in [3.05, 3.63) is 0 Å². The quantitative estimate of drug-likeness (QED) is 0.0281. The fourth-order valence-electron chi connectivity index (χ4n) is 6.51. The van der Waals surface area contributed by atoms with E-state index in [1.165, 1.54) is 128 Å². The van der Waals surface area contributed by atoms with Gasteiger partial charge in [0.25, 0.3) is 0 Å². The highest BCUT2D eigenvalue weighted by Crippen LogP contribution is 2.15. The third-order valence-corrected chi connectivity index (χ3v) is 9.64. The molecule has 0 radical (unpaired) electrons. The van der Waals surface area contributed by atoms with Gasteiger partial charge in [-0.25, -0.2) is 4.79 Å². The fourth-order valence-corrected chi connectivity index (χ4v) is 6.51. The molecule has 10 nitrogen and oxygen atoms in total. The molecule has 0 bridgehead atoms. The zero-order chi connectivity index (χ0) is 40.1. The average molecular weight is 771 g/mol. The Hall–Kier alpha value is -2.20. The Bertz CT molecular complexity index is 874. The van der Waals surface area contributed by atoms with Gasteiger partial charge < -0.3 is 28.5 Å². The summed E-state index contributed by atoms with van der Waals surface area (Å²) < 4.78 is 21.7. The van der Waals surface area contributed by atoms with Crippen molar-refractivity contribution in [2.45, 2.75) is 212 Å². The lowest BCUT2D eigenvalue weighted by Gasteiger charge is -2.26.